The van der Waals surface area contributed by atoms with Gasteiger partial charge < -0.3 is 9.67 Å². The summed E-state index contributed by atoms with van der Waals surface area (Å²) in [7, 11) is 0. The van der Waals surface area contributed by atoms with E-state index in [2.05, 4.69) is 19.7 Å². The fraction of sp³-hybridized carbons (Fsp3) is 0.769. The summed E-state index contributed by atoms with van der Waals surface area (Å²) in [6.45, 7) is 5.19. The van der Waals surface area contributed by atoms with Gasteiger partial charge in [-0.1, -0.05) is 6.92 Å². The second kappa shape index (κ2) is 4.92. The summed E-state index contributed by atoms with van der Waals surface area (Å²) in [5, 5.41) is 17.7. The average Bonchev–Trinajstić information content (AvgIpc) is 2.95. The first-order chi connectivity index (χ1) is 9.15. The van der Waals surface area contributed by atoms with Gasteiger partial charge in [-0.25, -0.2) is 0 Å². The zero-order valence-corrected chi connectivity index (χ0v) is 11.2. The van der Waals surface area contributed by atoms with Crippen molar-refractivity contribution in [3.63, 3.8) is 0 Å². The lowest BCUT2D eigenvalue weighted by Gasteiger charge is -2.18. The van der Waals surface area contributed by atoms with Crippen LogP contribution < -0.4 is 0 Å². The lowest BCUT2D eigenvalue weighted by Crippen LogP contribution is -2.25. The highest BCUT2D eigenvalue weighted by atomic mass is 16.4. The van der Waals surface area contributed by atoms with E-state index in [0.29, 0.717) is 6.54 Å². The Labute approximate surface area is 112 Å². The van der Waals surface area contributed by atoms with Crippen molar-refractivity contribution in [3.8, 4) is 0 Å². The SMILES string of the molecule is CC1CN(Cc2nnc3n2CCCC3)CC1C(=O)O. The van der Waals surface area contributed by atoms with E-state index in [1.807, 2.05) is 6.92 Å². The molecule has 0 spiro atoms. The number of aryl methyl sites for hydroxylation is 1. The molecule has 0 aromatic carbocycles. The molecule has 2 aliphatic heterocycles. The number of nitrogens with zero attached hydrogens (tertiary/aromatic N) is 4. The van der Waals surface area contributed by atoms with E-state index >= 15 is 0 Å². The third-order valence-electron chi connectivity index (χ3n) is 4.31. The normalized spacial score (nSPS) is 27.4. The van der Waals surface area contributed by atoms with Crippen LogP contribution in [0.4, 0.5) is 0 Å². The molecule has 0 saturated carbocycles. The second-order valence-electron chi connectivity index (χ2n) is 5.76. The molecule has 0 radical (unpaired) electrons. The molecule has 1 aromatic heterocycles. The Morgan fingerprint density at radius 2 is 2.21 bits per heavy atom. The van der Waals surface area contributed by atoms with Crippen LogP contribution in [0, 0.1) is 11.8 Å². The third-order valence-corrected chi connectivity index (χ3v) is 4.31. The van der Waals surface area contributed by atoms with Crippen molar-refractivity contribution in [2.75, 3.05) is 13.1 Å². The van der Waals surface area contributed by atoms with E-state index in [0.717, 1.165) is 37.7 Å². The van der Waals surface area contributed by atoms with Crippen LogP contribution in [0.2, 0.25) is 0 Å². The topological polar surface area (TPSA) is 71.2 Å². The number of hydrogen-bond acceptors (Lipinski definition) is 4. The molecule has 3 rings (SSSR count). The fourth-order valence-electron chi connectivity index (χ4n) is 3.20. The van der Waals surface area contributed by atoms with Gasteiger partial charge in [0.1, 0.15) is 11.6 Å². The highest BCUT2D eigenvalue weighted by molar-refractivity contribution is 5.71. The van der Waals surface area contributed by atoms with Crippen molar-refractivity contribution < 1.29 is 9.90 Å². The lowest BCUT2D eigenvalue weighted by atomic mass is 9.99. The molecule has 1 N–H and O–H groups in total. The molecule has 19 heavy (non-hydrogen) atoms. The molecule has 2 atom stereocenters. The molecule has 2 unspecified atom stereocenters. The van der Waals surface area contributed by atoms with Gasteiger partial charge in [0, 0.05) is 26.1 Å². The highest BCUT2D eigenvalue weighted by Crippen LogP contribution is 2.25. The zero-order chi connectivity index (χ0) is 13.4. The van der Waals surface area contributed by atoms with Crippen LogP contribution in [-0.4, -0.2) is 43.8 Å². The predicted molar refractivity (Wildman–Crippen MR) is 68.5 cm³/mol. The Hall–Kier alpha value is -1.43. The Morgan fingerprint density at radius 3 is 2.95 bits per heavy atom. The van der Waals surface area contributed by atoms with Crippen molar-refractivity contribution in [2.45, 2.75) is 39.3 Å². The molecule has 6 heteroatoms. The minimum Gasteiger partial charge on any atom is -0.481 e. The van der Waals surface area contributed by atoms with Crippen molar-refractivity contribution in [3.05, 3.63) is 11.6 Å². The van der Waals surface area contributed by atoms with Crippen LogP contribution in [0.25, 0.3) is 0 Å². The van der Waals surface area contributed by atoms with E-state index < -0.39 is 5.97 Å². The minimum absolute atomic E-state index is 0.209. The van der Waals surface area contributed by atoms with Crippen molar-refractivity contribution in [1.82, 2.24) is 19.7 Å². The van der Waals surface area contributed by atoms with Gasteiger partial charge in [0.15, 0.2) is 0 Å². The fourth-order valence-corrected chi connectivity index (χ4v) is 3.20. The molecule has 1 saturated heterocycles. The zero-order valence-electron chi connectivity index (χ0n) is 11.2. The molecule has 3 heterocycles. The first-order valence-corrected chi connectivity index (χ1v) is 7.01. The Bertz CT molecular complexity index is 485. The smallest absolute Gasteiger partial charge is 0.308 e. The molecule has 104 valence electrons. The van der Waals surface area contributed by atoms with Gasteiger partial charge in [0.2, 0.25) is 0 Å². The molecule has 0 bridgehead atoms. The quantitative estimate of drug-likeness (QED) is 0.873. The van der Waals surface area contributed by atoms with Crippen molar-refractivity contribution >= 4 is 5.97 Å². The van der Waals surface area contributed by atoms with Crippen LogP contribution in [0.1, 0.15) is 31.4 Å². The number of carboxylic acids is 1. The summed E-state index contributed by atoms with van der Waals surface area (Å²) in [6, 6.07) is 0. The number of carboxylic acid groups (broad SMARTS) is 1. The van der Waals surface area contributed by atoms with Gasteiger partial charge in [-0.2, -0.15) is 0 Å². The van der Waals surface area contributed by atoms with Crippen LogP contribution in [0.3, 0.4) is 0 Å². The Balaban J connectivity index is 1.69. The summed E-state index contributed by atoms with van der Waals surface area (Å²) in [4.78, 5) is 13.3. The molecular formula is C13H20N4O2. The standard InChI is InChI=1S/C13H20N4O2/c1-9-6-16(7-10(9)13(18)19)8-12-15-14-11-4-2-3-5-17(11)12/h9-10H,2-8H2,1H3,(H,18,19). The molecular weight excluding hydrogens is 244 g/mol. The molecule has 1 fully saturated rings. The Morgan fingerprint density at radius 1 is 1.37 bits per heavy atom. The monoisotopic (exact) mass is 264 g/mol. The predicted octanol–water partition coefficient (Wildman–Crippen LogP) is 0.767. The third kappa shape index (κ3) is 2.36. The first kappa shape index (κ1) is 12.6. The van der Waals surface area contributed by atoms with Gasteiger partial charge in [-0.15, -0.1) is 10.2 Å². The number of rotatable bonds is 3. The minimum atomic E-state index is -0.682. The maximum Gasteiger partial charge on any atom is 0.308 e. The van der Waals surface area contributed by atoms with Gasteiger partial charge in [0.25, 0.3) is 0 Å². The summed E-state index contributed by atoms with van der Waals surface area (Å²) in [5.74, 6) is 1.36. The summed E-state index contributed by atoms with van der Waals surface area (Å²) in [5.41, 5.74) is 0. The van der Waals surface area contributed by atoms with Gasteiger partial charge >= 0.3 is 5.97 Å². The van der Waals surface area contributed by atoms with Crippen LogP contribution in [0.5, 0.6) is 0 Å². The lowest BCUT2D eigenvalue weighted by molar-refractivity contribution is -0.142. The largest absolute Gasteiger partial charge is 0.481 e. The maximum atomic E-state index is 11.1. The van der Waals surface area contributed by atoms with E-state index in [-0.39, 0.29) is 11.8 Å². The van der Waals surface area contributed by atoms with Crippen molar-refractivity contribution in [2.24, 2.45) is 11.8 Å². The van der Waals surface area contributed by atoms with E-state index in [1.165, 1.54) is 12.8 Å². The molecule has 2 aliphatic rings. The van der Waals surface area contributed by atoms with Crippen LogP contribution in [0.15, 0.2) is 0 Å². The first-order valence-electron chi connectivity index (χ1n) is 7.01. The molecule has 0 amide bonds. The number of fused-ring (bicyclic) bond motifs is 1. The molecule has 6 nitrogen and oxygen atoms in total. The van der Waals surface area contributed by atoms with Crippen LogP contribution >= 0.6 is 0 Å². The highest BCUT2D eigenvalue weighted by Gasteiger charge is 2.35. The van der Waals surface area contributed by atoms with Crippen molar-refractivity contribution in [1.29, 1.82) is 0 Å². The van der Waals surface area contributed by atoms with Gasteiger partial charge in [-0.05, 0) is 18.8 Å². The molecule has 1 aromatic rings. The Kier molecular flexibility index (Phi) is 3.26. The summed E-state index contributed by atoms with van der Waals surface area (Å²) < 4.78 is 2.21. The number of aromatic nitrogens is 3. The number of hydrogen-bond donors (Lipinski definition) is 1. The average molecular weight is 264 g/mol. The van der Waals surface area contributed by atoms with Gasteiger partial charge in [0.05, 0.1) is 12.5 Å². The van der Waals surface area contributed by atoms with Crippen LogP contribution in [-0.2, 0) is 24.3 Å². The number of likely N-dealkylation sites (tertiary alicyclic amines) is 1. The van der Waals surface area contributed by atoms with E-state index in [9.17, 15) is 4.79 Å². The number of aliphatic carboxylic acids is 1. The summed E-state index contributed by atoms with van der Waals surface area (Å²) in [6.07, 6.45) is 3.40. The molecule has 0 aliphatic carbocycles. The number of carbonyl (C=O) groups is 1. The maximum absolute atomic E-state index is 11.1. The second-order valence-corrected chi connectivity index (χ2v) is 5.76. The van der Waals surface area contributed by atoms with E-state index in [4.69, 9.17) is 5.11 Å². The summed E-state index contributed by atoms with van der Waals surface area (Å²) >= 11 is 0. The van der Waals surface area contributed by atoms with E-state index in [1.54, 1.807) is 0 Å². The van der Waals surface area contributed by atoms with Gasteiger partial charge in [-0.3, -0.25) is 9.69 Å².